The molecule has 0 saturated carbocycles. The normalized spacial score (nSPS) is 11.3. The van der Waals surface area contributed by atoms with E-state index in [9.17, 15) is 0 Å². The maximum Gasteiger partial charge on any atom is 0.161 e. The third-order valence-electron chi connectivity index (χ3n) is 4.53. The Morgan fingerprint density at radius 1 is 1.04 bits per heavy atom. The molecule has 7 heteroatoms. The Balaban J connectivity index is 1.49. The van der Waals surface area contributed by atoms with E-state index < -0.39 is 0 Å². The molecule has 5 rings (SSSR count). The number of aryl methyl sites for hydroxylation is 1. The van der Waals surface area contributed by atoms with Crippen molar-refractivity contribution in [3.05, 3.63) is 65.6 Å². The molecule has 0 aliphatic heterocycles. The van der Waals surface area contributed by atoms with Crippen LogP contribution in [0, 0.1) is 6.92 Å². The Hall–Kier alpha value is -3.38. The maximum atomic E-state index is 6.31. The molecule has 3 heterocycles. The van der Waals surface area contributed by atoms with Crippen molar-refractivity contribution >= 4 is 44.9 Å². The summed E-state index contributed by atoms with van der Waals surface area (Å²) in [6, 6.07) is 13.8. The highest BCUT2D eigenvalue weighted by Crippen LogP contribution is 2.30. The van der Waals surface area contributed by atoms with Crippen molar-refractivity contribution in [2.45, 2.75) is 6.92 Å². The Bertz CT molecular complexity index is 1290. The van der Waals surface area contributed by atoms with Gasteiger partial charge in [0.1, 0.15) is 5.82 Å². The van der Waals surface area contributed by atoms with Crippen LogP contribution in [0.15, 0.2) is 54.9 Å². The summed E-state index contributed by atoms with van der Waals surface area (Å²) in [5.41, 5.74) is 4.79. The van der Waals surface area contributed by atoms with E-state index in [0.717, 1.165) is 49.6 Å². The largest absolute Gasteiger partial charge is 0.357 e. The Morgan fingerprint density at radius 2 is 1.96 bits per heavy atom. The van der Waals surface area contributed by atoms with Gasteiger partial charge in [-0.15, -0.1) is 0 Å². The summed E-state index contributed by atoms with van der Waals surface area (Å²) in [5, 5.41) is 13.1. The van der Waals surface area contributed by atoms with E-state index in [2.05, 4.69) is 30.5 Å². The molecule has 2 aromatic carbocycles. The quantitative estimate of drug-likeness (QED) is 0.405. The fourth-order valence-electron chi connectivity index (χ4n) is 3.17. The van der Waals surface area contributed by atoms with Crippen molar-refractivity contribution in [3.63, 3.8) is 0 Å². The first kappa shape index (κ1) is 15.8. The fourth-order valence-corrected chi connectivity index (χ4v) is 3.38. The lowest BCUT2D eigenvalue weighted by atomic mass is 10.1. The molecular weight excluding hydrogens is 360 g/mol. The van der Waals surface area contributed by atoms with Crippen LogP contribution in [0.2, 0.25) is 5.02 Å². The average Bonchev–Trinajstić information content (AvgIpc) is 3.26. The summed E-state index contributed by atoms with van der Waals surface area (Å²) in [6.07, 6.45) is 3.54. The number of hydrogen-bond acceptors (Lipinski definition) is 4. The zero-order valence-corrected chi connectivity index (χ0v) is 15.2. The van der Waals surface area contributed by atoms with Gasteiger partial charge in [0.15, 0.2) is 5.82 Å². The number of benzene rings is 2. The van der Waals surface area contributed by atoms with Gasteiger partial charge in [-0.3, -0.25) is 5.10 Å². The molecule has 0 fully saturated rings. The second kappa shape index (κ2) is 6.10. The van der Waals surface area contributed by atoms with Gasteiger partial charge in [0.25, 0.3) is 0 Å². The van der Waals surface area contributed by atoms with Crippen molar-refractivity contribution in [1.29, 1.82) is 0 Å². The van der Waals surface area contributed by atoms with Crippen LogP contribution in [0.4, 0.5) is 11.5 Å². The van der Waals surface area contributed by atoms with Crippen LogP contribution in [-0.2, 0) is 0 Å². The van der Waals surface area contributed by atoms with Gasteiger partial charge in [-0.05, 0) is 37.3 Å². The number of halogens is 1. The van der Waals surface area contributed by atoms with E-state index in [1.807, 2.05) is 49.4 Å². The molecule has 0 atom stereocenters. The molecule has 132 valence electrons. The minimum absolute atomic E-state index is 0.648. The van der Waals surface area contributed by atoms with E-state index in [0.29, 0.717) is 5.82 Å². The monoisotopic (exact) mass is 374 g/mol. The highest BCUT2D eigenvalue weighted by molar-refractivity contribution is 6.36. The third kappa shape index (κ3) is 2.80. The van der Waals surface area contributed by atoms with Crippen LogP contribution in [0.5, 0.6) is 0 Å². The second-order valence-electron chi connectivity index (χ2n) is 6.39. The molecular formula is C20H15ClN6. The van der Waals surface area contributed by atoms with Crippen molar-refractivity contribution < 1.29 is 0 Å². The lowest BCUT2D eigenvalue weighted by Crippen LogP contribution is -1.96. The van der Waals surface area contributed by atoms with Gasteiger partial charge in [0.2, 0.25) is 0 Å². The van der Waals surface area contributed by atoms with Crippen LogP contribution in [0.1, 0.15) is 5.69 Å². The van der Waals surface area contributed by atoms with Gasteiger partial charge in [0, 0.05) is 39.4 Å². The van der Waals surface area contributed by atoms with E-state index in [1.54, 1.807) is 12.4 Å². The number of nitrogens with one attached hydrogen (secondary N) is 3. The maximum absolute atomic E-state index is 6.31. The number of fused-ring (bicyclic) bond motifs is 2. The number of nitrogens with zero attached hydrogens (tertiary/aromatic N) is 3. The predicted molar refractivity (Wildman–Crippen MR) is 108 cm³/mol. The Kier molecular flexibility index (Phi) is 3.58. The zero-order valence-electron chi connectivity index (χ0n) is 14.4. The predicted octanol–water partition coefficient (Wildman–Crippen LogP) is 5.21. The molecule has 5 aromatic rings. The van der Waals surface area contributed by atoms with Crippen LogP contribution >= 0.6 is 11.6 Å². The molecule has 0 amide bonds. The number of anilines is 2. The van der Waals surface area contributed by atoms with Gasteiger partial charge in [-0.25, -0.2) is 9.97 Å². The van der Waals surface area contributed by atoms with Gasteiger partial charge < -0.3 is 10.3 Å². The molecule has 0 bridgehead atoms. The lowest BCUT2D eigenvalue weighted by Gasteiger charge is -2.07. The molecule has 0 radical (unpaired) electrons. The minimum atomic E-state index is 0.648. The highest BCUT2D eigenvalue weighted by atomic mass is 35.5. The molecule has 3 aromatic heterocycles. The van der Waals surface area contributed by atoms with Gasteiger partial charge in [-0.2, -0.15) is 5.10 Å². The molecule has 0 saturated heterocycles. The van der Waals surface area contributed by atoms with E-state index in [-0.39, 0.29) is 0 Å². The lowest BCUT2D eigenvalue weighted by molar-refractivity contribution is 1.12. The first-order chi connectivity index (χ1) is 13.2. The van der Waals surface area contributed by atoms with Gasteiger partial charge >= 0.3 is 0 Å². The molecule has 0 unspecified atom stereocenters. The summed E-state index contributed by atoms with van der Waals surface area (Å²) < 4.78 is 0. The third-order valence-corrected chi connectivity index (χ3v) is 5.02. The van der Waals surface area contributed by atoms with Crippen LogP contribution < -0.4 is 5.32 Å². The van der Waals surface area contributed by atoms with E-state index in [1.165, 1.54) is 0 Å². The van der Waals surface area contributed by atoms with Crippen molar-refractivity contribution in [2.75, 3.05) is 5.32 Å². The number of H-pyrrole nitrogens is 2. The standard InChI is InChI=1S/C20H15ClN6/c1-11-19(21)15-4-2-12(9-17(15)24-11)20-22-7-6-18(26-20)25-14-3-5-16-13(8-14)10-23-27-16/h2-10,24H,1H3,(H,23,27)(H,22,25,26). The average molecular weight is 375 g/mol. The van der Waals surface area contributed by atoms with E-state index >= 15 is 0 Å². The van der Waals surface area contributed by atoms with Crippen LogP contribution in [0.3, 0.4) is 0 Å². The zero-order chi connectivity index (χ0) is 18.4. The smallest absolute Gasteiger partial charge is 0.161 e. The molecule has 0 aliphatic carbocycles. The SMILES string of the molecule is Cc1[nH]c2cc(-c3nccc(Nc4ccc5[nH]ncc5c4)n3)ccc2c1Cl. The molecule has 6 nitrogen and oxygen atoms in total. The highest BCUT2D eigenvalue weighted by Gasteiger charge is 2.09. The van der Waals surface area contributed by atoms with Crippen LogP contribution in [0.25, 0.3) is 33.2 Å². The summed E-state index contributed by atoms with van der Waals surface area (Å²) in [7, 11) is 0. The number of hydrogen-bond donors (Lipinski definition) is 3. The van der Waals surface area contributed by atoms with Gasteiger partial charge in [0.05, 0.1) is 16.7 Å². The second-order valence-corrected chi connectivity index (χ2v) is 6.76. The van der Waals surface area contributed by atoms with Gasteiger partial charge in [-0.1, -0.05) is 23.7 Å². The van der Waals surface area contributed by atoms with Crippen molar-refractivity contribution in [2.24, 2.45) is 0 Å². The summed E-state index contributed by atoms with van der Waals surface area (Å²) >= 11 is 6.31. The first-order valence-corrected chi connectivity index (χ1v) is 8.86. The summed E-state index contributed by atoms with van der Waals surface area (Å²) in [5.74, 6) is 1.37. The van der Waals surface area contributed by atoms with Crippen LogP contribution in [-0.4, -0.2) is 25.1 Å². The number of aromatic amines is 2. The molecule has 0 spiro atoms. The number of rotatable bonds is 3. The molecule has 0 aliphatic rings. The Morgan fingerprint density at radius 3 is 2.89 bits per heavy atom. The minimum Gasteiger partial charge on any atom is -0.357 e. The fraction of sp³-hybridized carbons (Fsp3) is 0.0500. The Labute approximate surface area is 159 Å². The van der Waals surface area contributed by atoms with E-state index in [4.69, 9.17) is 11.6 Å². The molecule has 3 N–H and O–H groups in total. The number of aromatic nitrogens is 5. The van der Waals surface area contributed by atoms with Crippen molar-refractivity contribution in [3.8, 4) is 11.4 Å². The first-order valence-electron chi connectivity index (χ1n) is 8.49. The van der Waals surface area contributed by atoms with Crippen molar-refractivity contribution in [1.82, 2.24) is 25.1 Å². The summed E-state index contributed by atoms with van der Waals surface area (Å²) in [6.45, 7) is 1.96. The topological polar surface area (TPSA) is 82.3 Å². The summed E-state index contributed by atoms with van der Waals surface area (Å²) in [4.78, 5) is 12.4. The molecule has 27 heavy (non-hydrogen) atoms.